The van der Waals surface area contributed by atoms with Crippen LogP contribution in [-0.4, -0.2) is 60.0 Å². The number of likely N-dealkylation sites (N-methyl/N-ethyl adjacent to an activating group) is 1. The second-order valence-electron chi connectivity index (χ2n) is 6.86. The number of carbonyl (C=O) groups is 1. The first-order valence-electron chi connectivity index (χ1n) is 9.10. The Labute approximate surface area is 152 Å². The molecule has 2 aromatic rings. The highest BCUT2D eigenvalue weighted by Gasteiger charge is 2.25. The van der Waals surface area contributed by atoms with Crippen molar-refractivity contribution in [2.45, 2.75) is 25.0 Å². The summed E-state index contributed by atoms with van der Waals surface area (Å²) >= 11 is 0. The van der Waals surface area contributed by atoms with Crippen LogP contribution in [0.1, 0.15) is 29.4 Å². The number of nitrogens with one attached hydrogen (secondary N) is 1. The Morgan fingerprint density at radius 1 is 1.35 bits per heavy atom. The first-order chi connectivity index (χ1) is 12.7. The van der Waals surface area contributed by atoms with Crippen LogP contribution in [0.3, 0.4) is 0 Å². The molecule has 0 radical (unpaired) electrons. The van der Waals surface area contributed by atoms with E-state index in [9.17, 15) is 4.79 Å². The predicted octanol–water partition coefficient (Wildman–Crippen LogP) is 1.72. The fraction of sp³-hybridized carbons (Fsp3) is 0.474. The van der Waals surface area contributed by atoms with Gasteiger partial charge < -0.3 is 19.7 Å². The summed E-state index contributed by atoms with van der Waals surface area (Å²) in [5.41, 5.74) is 0.468. The molecule has 1 saturated heterocycles. The van der Waals surface area contributed by atoms with Gasteiger partial charge in [0.25, 0.3) is 5.91 Å². The molecule has 3 heterocycles. The summed E-state index contributed by atoms with van der Waals surface area (Å²) in [6.45, 7) is 2.83. The monoisotopic (exact) mass is 356 g/mol. The highest BCUT2D eigenvalue weighted by Crippen LogP contribution is 2.31. The lowest BCUT2D eigenvalue weighted by Gasteiger charge is -2.29. The molecule has 4 rings (SSSR count). The van der Waals surface area contributed by atoms with E-state index in [-0.39, 0.29) is 12.0 Å². The van der Waals surface area contributed by atoms with Crippen molar-refractivity contribution in [3.63, 3.8) is 0 Å². The van der Waals surface area contributed by atoms with Crippen molar-refractivity contribution in [3.8, 4) is 11.5 Å². The highest BCUT2D eigenvalue weighted by molar-refractivity contribution is 5.92. The van der Waals surface area contributed by atoms with E-state index in [4.69, 9.17) is 9.47 Å². The number of nitrogens with zero attached hydrogens (tertiary/aromatic N) is 3. The van der Waals surface area contributed by atoms with Gasteiger partial charge in [-0.2, -0.15) is 5.10 Å². The Hall–Kier alpha value is -2.54. The molecule has 0 spiro atoms. The Bertz CT molecular complexity index is 770. The lowest BCUT2D eigenvalue weighted by Crippen LogP contribution is -2.42. The zero-order valence-electron chi connectivity index (χ0n) is 14.9. The third-order valence-electron chi connectivity index (χ3n) is 4.86. The van der Waals surface area contributed by atoms with Crippen LogP contribution >= 0.6 is 0 Å². The van der Waals surface area contributed by atoms with Crippen molar-refractivity contribution in [3.05, 3.63) is 42.2 Å². The second-order valence-corrected chi connectivity index (χ2v) is 6.86. The van der Waals surface area contributed by atoms with Gasteiger partial charge in [0, 0.05) is 19.8 Å². The van der Waals surface area contributed by atoms with Gasteiger partial charge in [-0.15, -0.1) is 0 Å². The molecule has 2 aliphatic heterocycles. The quantitative estimate of drug-likeness (QED) is 0.903. The molecule has 0 saturated carbocycles. The van der Waals surface area contributed by atoms with Gasteiger partial charge in [0.05, 0.1) is 12.6 Å². The lowest BCUT2D eigenvalue weighted by molar-refractivity contribution is 0.0516. The topological polar surface area (TPSA) is 68.6 Å². The third kappa shape index (κ3) is 3.53. The molecule has 1 aromatic heterocycles. The number of carbonyl (C=O) groups excluding carboxylic acids is 1. The number of ether oxygens (including phenoxy) is 2. The number of benzene rings is 1. The van der Waals surface area contributed by atoms with Crippen LogP contribution in [0.4, 0.5) is 0 Å². The van der Waals surface area contributed by atoms with E-state index in [2.05, 4.69) is 10.4 Å². The molecule has 0 bridgehead atoms. The van der Waals surface area contributed by atoms with E-state index in [1.165, 1.54) is 0 Å². The molecule has 1 fully saturated rings. The fourth-order valence-corrected chi connectivity index (χ4v) is 3.45. The molecular formula is C19H24N4O3. The minimum atomic E-state index is -0.191. The SMILES string of the molecule is CN(CC1COc2ccccc2O1)C(=O)c1ccn(C2CCCNC2)n1. The fourth-order valence-electron chi connectivity index (χ4n) is 3.45. The average Bonchev–Trinajstić information content (AvgIpc) is 3.18. The number of fused-ring (bicyclic) bond motifs is 1. The van der Waals surface area contributed by atoms with Crippen molar-refractivity contribution in [2.75, 3.05) is 33.3 Å². The van der Waals surface area contributed by atoms with Crippen molar-refractivity contribution >= 4 is 5.91 Å². The van der Waals surface area contributed by atoms with E-state index in [0.29, 0.717) is 24.9 Å². The molecule has 0 aliphatic carbocycles. The van der Waals surface area contributed by atoms with Gasteiger partial charge in [-0.25, -0.2) is 0 Å². The van der Waals surface area contributed by atoms with Gasteiger partial charge in [0.2, 0.25) is 0 Å². The number of hydrogen-bond donors (Lipinski definition) is 1. The lowest BCUT2D eigenvalue weighted by atomic mass is 10.1. The molecule has 2 aliphatic rings. The Kier molecular flexibility index (Phi) is 4.79. The molecule has 1 N–H and O–H groups in total. The zero-order chi connectivity index (χ0) is 17.9. The summed E-state index contributed by atoms with van der Waals surface area (Å²) in [6, 6.07) is 9.70. The molecule has 2 atom stereocenters. The molecule has 7 nitrogen and oxygen atoms in total. The van der Waals surface area contributed by atoms with Gasteiger partial charge >= 0.3 is 0 Å². The molecule has 26 heavy (non-hydrogen) atoms. The zero-order valence-corrected chi connectivity index (χ0v) is 14.9. The maximum absolute atomic E-state index is 12.7. The van der Waals surface area contributed by atoms with E-state index >= 15 is 0 Å². The summed E-state index contributed by atoms with van der Waals surface area (Å²) in [5, 5.41) is 7.87. The van der Waals surface area contributed by atoms with Crippen molar-refractivity contribution in [1.82, 2.24) is 20.0 Å². The third-order valence-corrected chi connectivity index (χ3v) is 4.86. The van der Waals surface area contributed by atoms with Crippen molar-refractivity contribution < 1.29 is 14.3 Å². The van der Waals surface area contributed by atoms with E-state index in [0.717, 1.165) is 37.4 Å². The summed E-state index contributed by atoms with van der Waals surface area (Å²) < 4.78 is 13.6. The van der Waals surface area contributed by atoms with E-state index in [1.54, 1.807) is 18.0 Å². The predicted molar refractivity (Wildman–Crippen MR) is 96.7 cm³/mol. The number of rotatable bonds is 4. The number of hydrogen-bond acceptors (Lipinski definition) is 5. The van der Waals surface area contributed by atoms with Crippen LogP contribution in [0.15, 0.2) is 36.5 Å². The van der Waals surface area contributed by atoms with Crippen LogP contribution in [-0.2, 0) is 0 Å². The molecule has 138 valence electrons. The molecule has 1 aromatic carbocycles. The summed E-state index contributed by atoms with van der Waals surface area (Å²) in [4.78, 5) is 14.3. The van der Waals surface area contributed by atoms with Crippen LogP contribution < -0.4 is 14.8 Å². The van der Waals surface area contributed by atoms with Gasteiger partial charge in [0.15, 0.2) is 17.6 Å². The largest absolute Gasteiger partial charge is 0.486 e. The van der Waals surface area contributed by atoms with Crippen molar-refractivity contribution in [1.29, 1.82) is 0 Å². The summed E-state index contributed by atoms with van der Waals surface area (Å²) in [6.07, 6.45) is 3.93. The van der Waals surface area contributed by atoms with Gasteiger partial charge in [-0.05, 0) is 37.6 Å². The van der Waals surface area contributed by atoms with Gasteiger partial charge in [0.1, 0.15) is 12.3 Å². The smallest absolute Gasteiger partial charge is 0.274 e. The summed E-state index contributed by atoms with van der Waals surface area (Å²) in [5.74, 6) is 1.37. The van der Waals surface area contributed by atoms with Gasteiger partial charge in [-0.1, -0.05) is 12.1 Å². The normalized spacial score (nSPS) is 22.0. The minimum absolute atomic E-state index is 0.102. The van der Waals surface area contributed by atoms with Gasteiger partial charge in [-0.3, -0.25) is 9.48 Å². The number of piperidine rings is 1. The maximum Gasteiger partial charge on any atom is 0.274 e. The van der Waals surface area contributed by atoms with Crippen LogP contribution in [0.25, 0.3) is 0 Å². The number of aromatic nitrogens is 2. The maximum atomic E-state index is 12.7. The Morgan fingerprint density at radius 2 is 2.19 bits per heavy atom. The molecule has 2 unspecified atom stereocenters. The first kappa shape index (κ1) is 16.9. The molecule has 7 heteroatoms. The Balaban J connectivity index is 1.37. The molecule has 1 amide bonds. The van der Waals surface area contributed by atoms with E-state index in [1.807, 2.05) is 35.1 Å². The average molecular weight is 356 g/mol. The van der Waals surface area contributed by atoms with Crippen LogP contribution in [0.2, 0.25) is 0 Å². The standard InChI is InChI=1S/C19H24N4O3/c1-22(12-15-13-25-17-6-2-3-7-18(17)26-15)19(24)16-8-10-23(21-16)14-5-4-9-20-11-14/h2-3,6-8,10,14-15,20H,4-5,9,11-13H2,1H3. The molecular weight excluding hydrogens is 332 g/mol. The number of para-hydroxylation sites is 2. The Morgan fingerprint density at radius 3 is 3.00 bits per heavy atom. The van der Waals surface area contributed by atoms with Crippen molar-refractivity contribution in [2.24, 2.45) is 0 Å². The van der Waals surface area contributed by atoms with Crippen LogP contribution in [0, 0.1) is 0 Å². The second kappa shape index (κ2) is 7.37. The highest BCUT2D eigenvalue weighted by atomic mass is 16.6. The first-order valence-corrected chi connectivity index (χ1v) is 9.10. The minimum Gasteiger partial charge on any atom is -0.486 e. The summed E-state index contributed by atoms with van der Waals surface area (Å²) in [7, 11) is 1.77. The van der Waals surface area contributed by atoms with Crippen LogP contribution in [0.5, 0.6) is 11.5 Å². The van der Waals surface area contributed by atoms with E-state index < -0.39 is 0 Å². The number of amides is 1.